The van der Waals surface area contributed by atoms with Crippen LogP contribution in [0.5, 0.6) is 0 Å². The topological polar surface area (TPSA) is 41.0 Å². The van der Waals surface area contributed by atoms with Crippen LogP contribution in [0.2, 0.25) is 0 Å². The fourth-order valence-corrected chi connectivity index (χ4v) is 1.82. The van der Waals surface area contributed by atoms with Gasteiger partial charge in [-0.25, -0.2) is 4.98 Å². The number of hydrogen-bond donors (Lipinski definition) is 1. The van der Waals surface area contributed by atoms with Gasteiger partial charge in [0.2, 0.25) is 0 Å². The Labute approximate surface area is 84.4 Å². The van der Waals surface area contributed by atoms with Gasteiger partial charge in [0.25, 0.3) is 0 Å². The van der Waals surface area contributed by atoms with Crippen LogP contribution in [0.15, 0.2) is 18.6 Å². The molecule has 2 heterocycles. The second-order valence-corrected chi connectivity index (χ2v) is 3.74. The van der Waals surface area contributed by atoms with Crippen molar-refractivity contribution in [1.82, 2.24) is 15.3 Å². The Balaban J connectivity index is 1.92. The maximum Gasteiger partial charge on any atom is 0.146 e. The minimum Gasteiger partial charge on any atom is -0.357 e. The van der Waals surface area contributed by atoms with Gasteiger partial charge in [0.1, 0.15) is 5.82 Å². The van der Waals surface area contributed by atoms with Crippen molar-refractivity contribution in [3.05, 3.63) is 18.6 Å². The number of nitrogens with zero attached hydrogens (tertiary/aromatic N) is 3. The fraction of sp³-hybridized carbons (Fsp3) is 0.600. The third-order valence-electron chi connectivity index (χ3n) is 2.60. The number of hydrogen-bond acceptors (Lipinski definition) is 4. The predicted octanol–water partition coefficient (Wildman–Crippen LogP) is 0.665. The van der Waals surface area contributed by atoms with Crippen LogP contribution < -0.4 is 10.2 Å². The largest absolute Gasteiger partial charge is 0.357 e. The molecule has 0 saturated carbocycles. The molecule has 76 valence electrons. The lowest BCUT2D eigenvalue weighted by atomic mass is 10.2. The van der Waals surface area contributed by atoms with Crippen LogP contribution in [0.3, 0.4) is 0 Å². The van der Waals surface area contributed by atoms with Crippen molar-refractivity contribution in [3.63, 3.8) is 0 Å². The minimum absolute atomic E-state index is 0.613. The van der Waals surface area contributed by atoms with Crippen molar-refractivity contribution >= 4 is 5.82 Å². The van der Waals surface area contributed by atoms with Crippen molar-refractivity contribution in [2.24, 2.45) is 0 Å². The molecule has 1 aromatic heterocycles. The first kappa shape index (κ1) is 9.40. The molecular weight excluding hydrogens is 176 g/mol. The summed E-state index contributed by atoms with van der Waals surface area (Å²) in [5.41, 5.74) is 0. The van der Waals surface area contributed by atoms with E-state index in [1.807, 2.05) is 0 Å². The molecular formula is C10H16N4. The molecule has 1 atom stereocenters. The summed E-state index contributed by atoms with van der Waals surface area (Å²) in [6.07, 6.45) is 7.79. The molecule has 0 radical (unpaired) electrons. The van der Waals surface area contributed by atoms with E-state index in [-0.39, 0.29) is 0 Å². The summed E-state index contributed by atoms with van der Waals surface area (Å²) in [5, 5.41) is 3.47. The summed E-state index contributed by atoms with van der Waals surface area (Å²) in [7, 11) is 2.06. The van der Waals surface area contributed by atoms with Crippen LogP contribution in [0.25, 0.3) is 0 Å². The number of rotatable bonds is 3. The van der Waals surface area contributed by atoms with Gasteiger partial charge in [-0.3, -0.25) is 4.98 Å². The molecule has 0 aliphatic carbocycles. The van der Waals surface area contributed by atoms with E-state index in [0.29, 0.717) is 6.04 Å². The Morgan fingerprint density at radius 1 is 1.57 bits per heavy atom. The Morgan fingerprint density at radius 3 is 3.14 bits per heavy atom. The molecule has 0 bridgehead atoms. The average Bonchev–Trinajstić information content (AvgIpc) is 2.72. The van der Waals surface area contributed by atoms with Gasteiger partial charge in [-0.15, -0.1) is 0 Å². The van der Waals surface area contributed by atoms with Gasteiger partial charge in [0.05, 0.1) is 6.20 Å². The molecule has 1 aliphatic heterocycles. The summed E-state index contributed by atoms with van der Waals surface area (Å²) in [6.45, 7) is 2.16. The molecule has 0 aromatic carbocycles. The lowest BCUT2D eigenvalue weighted by molar-refractivity contribution is 0.597. The van der Waals surface area contributed by atoms with E-state index < -0.39 is 0 Å². The van der Waals surface area contributed by atoms with E-state index in [2.05, 4.69) is 27.2 Å². The lowest BCUT2D eigenvalue weighted by Gasteiger charge is -2.21. The standard InChI is InChI=1S/C10H16N4/c1-14(8-9-3-2-4-12-9)10-7-11-5-6-13-10/h5-7,9,12H,2-4,8H2,1H3. The van der Waals surface area contributed by atoms with Gasteiger partial charge in [0, 0.05) is 32.0 Å². The van der Waals surface area contributed by atoms with Crippen LogP contribution in [-0.2, 0) is 0 Å². The second-order valence-electron chi connectivity index (χ2n) is 3.74. The normalized spacial score (nSPS) is 21.1. The van der Waals surface area contributed by atoms with E-state index in [1.165, 1.54) is 12.8 Å². The zero-order valence-electron chi connectivity index (χ0n) is 8.48. The highest BCUT2D eigenvalue weighted by Crippen LogP contribution is 2.10. The quantitative estimate of drug-likeness (QED) is 0.764. The van der Waals surface area contributed by atoms with Gasteiger partial charge in [-0.2, -0.15) is 0 Å². The predicted molar refractivity (Wildman–Crippen MR) is 56.3 cm³/mol. The van der Waals surface area contributed by atoms with E-state index in [9.17, 15) is 0 Å². The van der Waals surface area contributed by atoms with Gasteiger partial charge in [0.15, 0.2) is 0 Å². The molecule has 0 spiro atoms. The first-order valence-corrected chi connectivity index (χ1v) is 5.07. The maximum absolute atomic E-state index is 4.26. The van der Waals surface area contributed by atoms with Crippen LogP contribution in [0, 0.1) is 0 Å². The first-order chi connectivity index (χ1) is 6.86. The molecule has 1 aliphatic rings. The van der Waals surface area contributed by atoms with E-state index in [1.54, 1.807) is 18.6 Å². The van der Waals surface area contributed by atoms with Crippen molar-refractivity contribution in [3.8, 4) is 0 Å². The van der Waals surface area contributed by atoms with E-state index >= 15 is 0 Å². The zero-order chi connectivity index (χ0) is 9.80. The lowest BCUT2D eigenvalue weighted by Crippen LogP contribution is -2.35. The van der Waals surface area contributed by atoms with E-state index in [0.717, 1.165) is 18.9 Å². The summed E-state index contributed by atoms with van der Waals surface area (Å²) < 4.78 is 0. The first-order valence-electron chi connectivity index (χ1n) is 5.07. The maximum atomic E-state index is 4.26. The van der Waals surface area contributed by atoms with Gasteiger partial charge in [-0.05, 0) is 19.4 Å². The smallest absolute Gasteiger partial charge is 0.146 e. The van der Waals surface area contributed by atoms with Crippen LogP contribution in [0.1, 0.15) is 12.8 Å². The molecule has 1 aromatic rings. The number of anilines is 1. The third-order valence-corrected chi connectivity index (χ3v) is 2.60. The van der Waals surface area contributed by atoms with Crippen molar-refractivity contribution in [2.75, 3.05) is 25.0 Å². The van der Waals surface area contributed by atoms with Gasteiger partial charge in [-0.1, -0.05) is 0 Å². The molecule has 4 nitrogen and oxygen atoms in total. The highest BCUT2D eigenvalue weighted by Gasteiger charge is 2.16. The number of likely N-dealkylation sites (N-methyl/N-ethyl adjacent to an activating group) is 1. The highest BCUT2D eigenvalue weighted by atomic mass is 15.2. The van der Waals surface area contributed by atoms with Crippen LogP contribution >= 0.6 is 0 Å². The Bertz CT molecular complexity index is 269. The summed E-state index contributed by atoms with van der Waals surface area (Å²) >= 11 is 0. The van der Waals surface area contributed by atoms with Crippen molar-refractivity contribution < 1.29 is 0 Å². The van der Waals surface area contributed by atoms with Crippen LogP contribution in [-0.4, -0.2) is 36.1 Å². The minimum atomic E-state index is 0.613. The number of nitrogens with one attached hydrogen (secondary N) is 1. The summed E-state index contributed by atoms with van der Waals surface area (Å²) in [5.74, 6) is 0.946. The SMILES string of the molecule is CN(CC1CCCN1)c1cnccn1. The zero-order valence-corrected chi connectivity index (χ0v) is 8.48. The van der Waals surface area contributed by atoms with Crippen molar-refractivity contribution in [1.29, 1.82) is 0 Å². The third kappa shape index (κ3) is 2.20. The Kier molecular flexibility index (Phi) is 2.93. The van der Waals surface area contributed by atoms with Gasteiger partial charge < -0.3 is 10.2 Å². The highest BCUT2D eigenvalue weighted by molar-refractivity contribution is 5.33. The molecule has 1 unspecified atom stereocenters. The molecule has 1 fully saturated rings. The second kappa shape index (κ2) is 4.37. The summed E-state index contributed by atoms with van der Waals surface area (Å²) in [6, 6.07) is 0.613. The molecule has 1 saturated heterocycles. The Hall–Kier alpha value is -1.16. The molecule has 2 rings (SSSR count). The molecule has 1 N–H and O–H groups in total. The number of aromatic nitrogens is 2. The molecule has 4 heteroatoms. The fourth-order valence-electron chi connectivity index (χ4n) is 1.82. The van der Waals surface area contributed by atoms with Crippen LogP contribution in [0.4, 0.5) is 5.82 Å². The monoisotopic (exact) mass is 192 g/mol. The van der Waals surface area contributed by atoms with Crippen molar-refractivity contribution in [2.45, 2.75) is 18.9 Å². The molecule has 14 heavy (non-hydrogen) atoms. The Morgan fingerprint density at radius 2 is 2.50 bits per heavy atom. The van der Waals surface area contributed by atoms with Gasteiger partial charge >= 0.3 is 0 Å². The van der Waals surface area contributed by atoms with E-state index in [4.69, 9.17) is 0 Å². The average molecular weight is 192 g/mol. The summed E-state index contributed by atoms with van der Waals surface area (Å²) in [4.78, 5) is 10.5. The molecule has 0 amide bonds.